The highest BCUT2D eigenvalue weighted by atomic mass is 16.5. The lowest BCUT2D eigenvalue weighted by molar-refractivity contribution is -0.143. The Morgan fingerprint density at radius 3 is 0.884 bits per heavy atom. The van der Waals surface area contributed by atoms with Crippen molar-refractivity contribution in [2.24, 2.45) is 0 Å². The summed E-state index contributed by atoms with van der Waals surface area (Å²) in [5.41, 5.74) is 0. The van der Waals surface area contributed by atoms with Gasteiger partial charge in [0.05, 0.1) is 25.4 Å². The Morgan fingerprint density at radius 1 is 0.348 bits per heavy atom. The van der Waals surface area contributed by atoms with E-state index in [9.17, 15) is 19.8 Å². The Hall–Kier alpha value is -1.14. The highest BCUT2D eigenvalue weighted by Gasteiger charge is 2.20. The van der Waals surface area contributed by atoms with Crippen LogP contribution < -0.4 is 5.32 Å². The predicted octanol–water partition coefficient (Wildman–Crippen LogP) is 19.9. The zero-order valence-electron chi connectivity index (χ0n) is 47.1. The van der Waals surface area contributed by atoms with E-state index in [-0.39, 0.29) is 18.5 Å². The van der Waals surface area contributed by atoms with Gasteiger partial charge in [0.1, 0.15) is 0 Å². The van der Waals surface area contributed by atoms with Crippen LogP contribution in [0, 0.1) is 0 Å². The first-order chi connectivity index (χ1) is 34.0. The van der Waals surface area contributed by atoms with E-state index in [1.165, 1.54) is 295 Å². The van der Waals surface area contributed by atoms with E-state index < -0.39 is 12.1 Å². The lowest BCUT2D eigenvalue weighted by Gasteiger charge is -2.22. The van der Waals surface area contributed by atoms with Crippen molar-refractivity contribution in [1.82, 2.24) is 5.32 Å². The van der Waals surface area contributed by atoms with E-state index in [0.29, 0.717) is 25.9 Å². The molecule has 2 atom stereocenters. The van der Waals surface area contributed by atoms with E-state index in [2.05, 4.69) is 19.2 Å². The monoisotopic (exact) mass is 976 g/mol. The highest BCUT2D eigenvalue weighted by Crippen LogP contribution is 2.19. The molecule has 0 bridgehead atoms. The van der Waals surface area contributed by atoms with Crippen molar-refractivity contribution in [3.05, 3.63) is 0 Å². The molecule has 0 spiro atoms. The van der Waals surface area contributed by atoms with Crippen LogP contribution in [-0.2, 0) is 14.3 Å². The van der Waals surface area contributed by atoms with Gasteiger partial charge in [-0.3, -0.25) is 9.59 Å². The van der Waals surface area contributed by atoms with Gasteiger partial charge in [0.25, 0.3) is 0 Å². The lowest BCUT2D eigenvalue weighted by atomic mass is 10.0. The summed E-state index contributed by atoms with van der Waals surface area (Å²) in [5, 5.41) is 23.3. The zero-order chi connectivity index (χ0) is 50.0. The molecule has 0 aliphatic heterocycles. The molecule has 6 nitrogen and oxygen atoms in total. The van der Waals surface area contributed by atoms with Gasteiger partial charge in [-0.05, 0) is 25.7 Å². The highest BCUT2D eigenvalue weighted by molar-refractivity contribution is 5.76. The number of amides is 1. The molecule has 0 aliphatic rings. The van der Waals surface area contributed by atoms with E-state index in [4.69, 9.17) is 4.74 Å². The van der Waals surface area contributed by atoms with E-state index in [1.807, 2.05) is 0 Å². The summed E-state index contributed by atoms with van der Waals surface area (Å²) < 4.78 is 5.47. The fourth-order valence-corrected chi connectivity index (χ4v) is 10.3. The number of carbonyl (C=O) groups excluding carboxylic acids is 2. The molecule has 0 rings (SSSR count). The zero-order valence-corrected chi connectivity index (χ0v) is 47.1. The van der Waals surface area contributed by atoms with Crippen molar-refractivity contribution in [3.8, 4) is 0 Å². The molecule has 0 aromatic rings. The molecular weight excluding hydrogens is 851 g/mol. The number of aliphatic hydroxyl groups excluding tert-OH is 2. The third-order valence-electron chi connectivity index (χ3n) is 15.2. The second-order valence-corrected chi connectivity index (χ2v) is 22.1. The lowest BCUT2D eigenvalue weighted by Crippen LogP contribution is -2.45. The van der Waals surface area contributed by atoms with Crippen molar-refractivity contribution in [1.29, 1.82) is 0 Å². The molecule has 0 radical (unpaired) electrons. The maximum Gasteiger partial charge on any atom is 0.305 e. The molecule has 6 heteroatoms. The smallest absolute Gasteiger partial charge is 0.305 e. The van der Waals surface area contributed by atoms with Crippen LogP contribution in [0.15, 0.2) is 0 Å². The molecule has 3 N–H and O–H groups in total. The number of nitrogens with one attached hydrogen (secondary N) is 1. The topological polar surface area (TPSA) is 95.9 Å². The SMILES string of the molecule is CCCCCCCCCCCCCCCCCCCC(O)C(CO)NC(=O)CCCCCCCCCCCCCCCCCCCCCCCCCCOC(=O)CCCCCCCCCCCCC. The standard InChI is InChI=1S/C63H125NO5/c1-3-5-7-9-11-13-15-16-17-26-29-32-36-39-43-47-51-55-61(66)60(59-65)64-62(67)56-52-48-44-40-37-33-30-27-24-22-20-18-19-21-23-25-28-31-34-38-42-46-50-54-58-69-63(68)57-53-49-45-41-35-14-12-10-8-6-4-2/h60-61,65-66H,3-59H2,1-2H3,(H,64,67). The van der Waals surface area contributed by atoms with E-state index >= 15 is 0 Å². The number of unbranched alkanes of at least 4 members (excludes halogenated alkanes) is 49. The van der Waals surface area contributed by atoms with Crippen LogP contribution in [0.5, 0.6) is 0 Å². The summed E-state index contributed by atoms with van der Waals surface area (Å²) in [5.74, 6) is -0.0138. The van der Waals surface area contributed by atoms with Gasteiger partial charge in [-0.2, -0.15) is 0 Å². The minimum absolute atomic E-state index is 0.0161. The van der Waals surface area contributed by atoms with E-state index in [1.54, 1.807) is 0 Å². The predicted molar refractivity (Wildman–Crippen MR) is 301 cm³/mol. The number of hydrogen-bond donors (Lipinski definition) is 3. The Kier molecular flexibility index (Phi) is 58.4. The van der Waals surface area contributed by atoms with Gasteiger partial charge in [0.15, 0.2) is 0 Å². The third-order valence-corrected chi connectivity index (χ3v) is 15.2. The average Bonchev–Trinajstić information content (AvgIpc) is 3.35. The van der Waals surface area contributed by atoms with Crippen molar-refractivity contribution in [2.75, 3.05) is 13.2 Å². The maximum atomic E-state index is 12.5. The fraction of sp³-hybridized carbons (Fsp3) is 0.968. The Morgan fingerprint density at radius 2 is 0.594 bits per heavy atom. The van der Waals surface area contributed by atoms with Crippen LogP contribution >= 0.6 is 0 Å². The molecule has 0 saturated heterocycles. The quantitative estimate of drug-likeness (QED) is 0.0417. The Bertz CT molecular complexity index is 990. The van der Waals surface area contributed by atoms with Gasteiger partial charge in [0, 0.05) is 12.8 Å². The molecule has 0 fully saturated rings. The molecule has 2 unspecified atom stereocenters. The van der Waals surface area contributed by atoms with Crippen molar-refractivity contribution in [2.45, 2.75) is 379 Å². The second kappa shape index (κ2) is 59.4. The summed E-state index contributed by atoms with van der Waals surface area (Å²) in [6.07, 6.45) is 69.8. The van der Waals surface area contributed by atoms with Crippen LogP contribution in [0.4, 0.5) is 0 Å². The largest absolute Gasteiger partial charge is 0.466 e. The minimum atomic E-state index is -0.662. The molecule has 0 aromatic carbocycles. The van der Waals surface area contributed by atoms with Gasteiger partial charge in [-0.15, -0.1) is 0 Å². The first kappa shape index (κ1) is 67.9. The summed E-state index contributed by atoms with van der Waals surface area (Å²) in [7, 11) is 0. The minimum Gasteiger partial charge on any atom is -0.466 e. The normalized spacial score (nSPS) is 12.5. The molecule has 0 saturated carbocycles. The van der Waals surface area contributed by atoms with Gasteiger partial charge in [-0.1, -0.05) is 328 Å². The second-order valence-electron chi connectivity index (χ2n) is 22.1. The van der Waals surface area contributed by atoms with Crippen LogP contribution in [-0.4, -0.2) is 47.4 Å². The summed E-state index contributed by atoms with van der Waals surface area (Å²) in [4.78, 5) is 24.5. The Labute approximate surface area is 432 Å². The number of rotatable bonds is 60. The maximum absolute atomic E-state index is 12.5. The van der Waals surface area contributed by atoms with Gasteiger partial charge in [-0.25, -0.2) is 0 Å². The number of carbonyl (C=O) groups is 2. The van der Waals surface area contributed by atoms with Crippen molar-refractivity contribution < 1.29 is 24.5 Å². The summed E-state index contributed by atoms with van der Waals surface area (Å²) in [6, 6.07) is -0.539. The third kappa shape index (κ3) is 56.0. The number of aliphatic hydroxyl groups is 2. The van der Waals surface area contributed by atoms with Crippen LogP contribution in [0.1, 0.15) is 367 Å². The van der Waals surface area contributed by atoms with Gasteiger partial charge in [0.2, 0.25) is 5.91 Å². The first-order valence-electron chi connectivity index (χ1n) is 31.8. The van der Waals surface area contributed by atoms with Gasteiger partial charge < -0.3 is 20.3 Å². The van der Waals surface area contributed by atoms with Gasteiger partial charge >= 0.3 is 5.97 Å². The molecule has 0 heterocycles. The van der Waals surface area contributed by atoms with Crippen molar-refractivity contribution >= 4 is 11.9 Å². The van der Waals surface area contributed by atoms with Crippen LogP contribution in [0.3, 0.4) is 0 Å². The molecule has 412 valence electrons. The number of esters is 1. The van der Waals surface area contributed by atoms with E-state index in [0.717, 1.165) is 38.5 Å². The number of ether oxygens (including phenoxy) is 1. The summed E-state index contributed by atoms with van der Waals surface area (Å²) in [6.45, 7) is 4.98. The van der Waals surface area contributed by atoms with Crippen molar-refractivity contribution in [3.63, 3.8) is 0 Å². The average molecular weight is 977 g/mol. The Balaban J connectivity index is 3.36. The molecule has 0 aromatic heterocycles. The van der Waals surface area contributed by atoms with Crippen LogP contribution in [0.25, 0.3) is 0 Å². The summed E-state index contributed by atoms with van der Waals surface area (Å²) >= 11 is 0. The molecule has 0 aliphatic carbocycles. The molecular formula is C63H125NO5. The molecule has 69 heavy (non-hydrogen) atoms. The van der Waals surface area contributed by atoms with Crippen LogP contribution in [0.2, 0.25) is 0 Å². The first-order valence-corrected chi connectivity index (χ1v) is 31.8. The number of hydrogen-bond acceptors (Lipinski definition) is 5. The molecule has 1 amide bonds. The fourth-order valence-electron chi connectivity index (χ4n) is 10.3.